The topological polar surface area (TPSA) is 190 Å². The summed E-state index contributed by atoms with van der Waals surface area (Å²) in [7, 11) is 0. The quantitative estimate of drug-likeness (QED) is 0.161. The minimum atomic E-state index is -0.341. The standard InChI is InChI=1S/C11H15NO2.2C10H14N2O2.Fe/c1-8(13)10(7-12)11(14)9-5-3-2-4-6-9;2*1-8(13)9(7-11)10(14)12-5-3-2-4-6-12;/h9,13H,2-6H2,1H3;2*13H,2-6H2,1H3;. The molecule has 2 saturated heterocycles. The summed E-state index contributed by atoms with van der Waals surface area (Å²) in [5.41, 5.74) is -0.323. The number of likely N-dealkylation sites (tertiary alicyclic amines) is 2. The van der Waals surface area contributed by atoms with Crippen LogP contribution in [-0.2, 0) is 31.5 Å². The van der Waals surface area contributed by atoms with Crippen LogP contribution in [-0.4, -0.2) is 68.9 Å². The van der Waals surface area contributed by atoms with Gasteiger partial charge >= 0.3 is 0 Å². The Morgan fingerprint density at radius 2 is 0.860 bits per heavy atom. The number of ketones is 1. The van der Waals surface area contributed by atoms with E-state index >= 15 is 0 Å². The monoisotopic (exact) mass is 637 g/mol. The second-order valence-corrected chi connectivity index (χ2v) is 10.6. The summed E-state index contributed by atoms with van der Waals surface area (Å²) in [6, 6.07) is 5.25. The first kappa shape index (κ1) is 39.2. The molecule has 43 heavy (non-hydrogen) atoms. The second kappa shape index (κ2) is 21.0. The van der Waals surface area contributed by atoms with E-state index in [2.05, 4.69) is 0 Å². The smallest absolute Gasteiger partial charge is 0.267 e. The van der Waals surface area contributed by atoms with Crippen molar-refractivity contribution in [2.75, 3.05) is 26.2 Å². The fourth-order valence-electron chi connectivity index (χ4n) is 4.96. The number of nitriles is 3. The van der Waals surface area contributed by atoms with Gasteiger partial charge in [-0.25, -0.2) is 0 Å². The molecule has 2 heterocycles. The normalized spacial score (nSPS) is 18.4. The Bertz CT molecular complexity index is 1030. The number of Topliss-reactive ketones (excluding diaryl/α,β-unsaturated/α-hetero) is 1. The molecule has 0 radical (unpaired) electrons. The van der Waals surface area contributed by atoms with Gasteiger partial charge in [-0.05, 0) is 72.1 Å². The molecule has 3 aliphatic rings. The van der Waals surface area contributed by atoms with Gasteiger partial charge in [0, 0.05) is 49.2 Å². The molecule has 2 aliphatic heterocycles. The zero-order valence-corrected chi connectivity index (χ0v) is 26.4. The number of nitrogens with zero attached hydrogens (tertiary/aromatic N) is 5. The molecule has 0 spiro atoms. The number of hydrogen-bond acceptors (Lipinski definition) is 9. The molecule has 3 fully saturated rings. The van der Waals surface area contributed by atoms with Gasteiger partial charge in [-0.2, -0.15) is 15.8 Å². The van der Waals surface area contributed by atoms with Crippen LogP contribution in [0.25, 0.3) is 0 Å². The maximum absolute atomic E-state index is 11.7. The van der Waals surface area contributed by atoms with E-state index in [1.54, 1.807) is 28.0 Å². The van der Waals surface area contributed by atoms with Crippen molar-refractivity contribution >= 4 is 17.6 Å². The minimum Gasteiger partial charge on any atom is -0.511 e. The fourth-order valence-corrected chi connectivity index (χ4v) is 4.96. The van der Waals surface area contributed by atoms with Gasteiger partial charge in [0.05, 0.1) is 0 Å². The number of hydrogen-bond donors (Lipinski definition) is 3. The molecule has 0 aromatic carbocycles. The Kier molecular flexibility index (Phi) is 19.1. The van der Waals surface area contributed by atoms with Crippen LogP contribution >= 0.6 is 0 Å². The van der Waals surface area contributed by atoms with E-state index in [-0.39, 0.29) is 74.6 Å². The number of rotatable bonds is 4. The first-order chi connectivity index (χ1) is 20.0. The van der Waals surface area contributed by atoms with Crippen molar-refractivity contribution in [3.8, 4) is 18.2 Å². The molecular weight excluding hydrogens is 594 g/mol. The fraction of sp³-hybridized carbons (Fsp3) is 0.613. The summed E-state index contributed by atoms with van der Waals surface area (Å²) in [4.78, 5) is 38.3. The second-order valence-electron chi connectivity index (χ2n) is 10.6. The number of amides is 2. The van der Waals surface area contributed by atoms with Crippen LogP contribution in [0.5, 0.6) is 0 Å². The van der Waals surface area contributed by atoms with Crippen molar-refractivity contribution in [3.63, 3.8) is 0 Å². The van der Waals surface area contributed by atoms with Crippen LogP contribution in [0, 0.1) is 39.9 Å². The summed E-state index contributed by atoms with van der Waals surface area (Å²) in [5, 5.41) is 53.5. The molecule has 12 heteroatoms. The summed E-state index contributed by atoms with van der Waals surface area (Å²) in [6.07, 6.45) is 11.2. The van der Waals surface area contributed by atoms with Crippen molar-refractivity contribution < 1.29 is 46.8 Å². The molecule has 0 bridgehead atoms. The van der Waals surface area contributed by atoms with Crippen LogP contribution in [0.1, 0.15) is 91.4 Å². The summed E-state index contributed by atoms with van der Waals surface area (Å²) >= 11 is 0. The maximum Gasteiger partial charge on any atom is 0.267 e. The summed E-state index contributed by atoms with van der Waals surface area (Å²) in [6.45, 7) is 6.88. The van der Waals surface area contributed by atoms with E-state index in [1.165, 1.54) is 27.2 Å². The van der Waals surface area contributed by atoms with E-state index in [0.717, 1.165) is 64.2 Å². The molecule has 1 saturated carbocycles. The van der Waals surface area contributed by atoms with E-state index < -0.39 is 0 Å². The zero-order valence-electron chi connectivity index (χ0n) is 25.3. The molecule has 11 nitrogen and oxygen atoms in total. The van der Waals surface area contributed by atoms with Crippen LogP contribution in [0.15, 0.2) is 34.0 Å². The maximum atomic E-state index is 11.7. The van der Waals surface area contributed by atoms with Crippen molar-refractivity contribution in [1.29, 1.82) is 15.8 Å². The van der Waals surface area contributed by atoms with Crippen molar-refractivity contribution in [2.45, 2.75) is 91.4 Å². The number of aliphatic hydroxyl groups excluding tert-OH is 3. The number of allylic oxidation sites excluding steroid dienone is 4. The number of piperidine rings is 2. The van der Waals surface area contributed by atoms with Gasteiger partial charge in [0.1, 0.15) is 41.1 Å². The Labute approximate surface area is 265 Å². The Morgan fingerprint density at radius 1 is 0.558 bits per heavy atom. The molecule has 0 atom stereocenters. The summed E-state index contributed by atoms with van der Waals surface area (Å²) in [5.74, 6) is -1.43. The number of aliphatic hydroxyl groups is 3. The molecule has 3 N–H and O–H groups in total. The van der Waals surface area contributed by atoms with E-state index in [0.29, 0.717) is 26.2 Å². The van der Waals surface area contributed by atoms with Gasteiger partial charge in [-0.15, -0.1) is 0 Å². The Balaban J connectivity index is 0.000000608. The molecular formula is C31H43FeN5O6. The van der Waals surface area contributed by atoms with Gasteiger partial charge < -0.3 is 25.1 Å². The molecule has 236 valence electrons. The largest absolute Gasteiger partial charge is 0.511 e. The number of carbonyl (C=O) groups is 3. The van der Waals surface area contributed by atoms with Crippen molar-refractivity contribution in [2.24, 2.45) is 5.92 Å². The van der Waals surface area contributed by atoms with Crippen LogP contribution in [0.4, 0.5) is 0 Å². The third-order valence-corrected chi connectivity index (χ3v) is 7.36. The SMILES string of the molecule is CC(O)=C(C#N)C(=O)C1CCCCC1.CC(O)=C(C#N)C(=O)N1CCCCC1.CC(O)=C(C#N)C(=O)N1CCCCC1.[Fe]. The van der Waals surface area contributed by atoms with Crippen molar-refractivity contribution in [1.82, 2.24) is 9.80 Å². The molecule has 3 rings (SSSR count). The van der Waals surface area contributed by atoms with Crippen LogP contribution < -0.4 is 0 Å². The average molecular weight is 638 g/mol. The van der Waals surface area contributed by atoms with Crippen molar-refractivity contribution in [3.05, 3.63) is 34.0 Å². The van der Waals surface area contributed by atoms with Crippen LogP contribution in [0.3, 0.4) is 0 Å². The zero-order chi connectivity index (χ0) is 31.7. The predicted octanol–water partition coefficient (Wildman–Crippen LogP) is 5.20. The Morgan fingerprint density at radius 3 is 1.14 bits per heavy atom. The predicted molar refractivity (Wildman–Crippen MR) is 155 cm³/mol. The van der Waals surface area contributed by atoms with E-state index in [1.807, 2.05) is 0 Å². The first-order valence-corrected chi connectivity index (χ1v) is 14.5. The Hall–Kier alpha value is -3.78. The van der Waals surface area contributed by atoms with Gasteiger partial charge in [0.15, 0.2) is 16.9 Å². The molecule has 0 aromatic heterocycles. The van der Waals surface area contributed by atoms with Gasteiger partial charge in [0.2, 0.25) is 0 Å². The summed E-state index contributed by atoms with van der Waals surface area (Å²) < 4.78 is 0. The minimum absolute atomic E-state index is 0. The molecule has 2 amide bonds. The third kappa shape index (κ3) is 13.0. The molecule has 0 aromatic rings. The van der Waals surface area contributed by atoms with Gasteiger partial charge in [-0.1, -0.05) is 19.3 Å². The number of carbonyl (C=O) groups excluding carboxylic acids is 3. The van der Waals surface area contributed by atoms with Crippen LogP contribution in [0.2, 0.25) is 0 Å². The average Bonchev–Trinajstić information content (AvgIpc) is 2.99. The van der Waals surface area contributed by atoms with Gasteiger partial charge in [-0.3, -0.25) is 14.4 Å². The molecule has 0 unspecified atom stereocenters. The van der Waals surface area contributed by atoms with E-state index in [9.17, 15) is 14.4 Å². The third-order valence-electron chi connectivity index (χ3n) is 7.36. The van der Waals surface area contributed by atoms with Gasteiger partial charge in [0.25, 0.3) is 11.8 Å². The van der Waals surface area contributed by atoms with E-state index in [4.69, 9.17) is 31.1 Å². The molecule has 1 aliphatic carbocycles. The first-order valence-electron chi connectivity index (χ1n) is 14.5.